The topological polar surface area (TPSA) is 32.3 Å². The van der Waals surface area contributed by atoms with Gasteiger partial charge in [0.2, 0.25) is 0 Å². The van der Waals surface area contributed by atoms with Crippen molar-refractivity contribution in [2.75, 3.05) is 12.4 Å². The standard InChI is InChI=1S/C16H35O2PS2.Mo/c1-3-5-7-9-11-13-15-18-19(17,20)21-16-14-12-10-8-6-4-2;/h3-16H2,1-2H3,(H,17,20);/p-1. The number of unbranched alkanes of at least 4 members (excludes halogenated alkanes) is 10. The number of hydrogen-bond acceptors (Lipinski definition) is 4. The van der Waals surface area contributed by atoms with Gasteiger partial charge < -0.3 is 9.42 Å². The van der Waals surface area contributed by atoms with Crippen LogP contribution in [0.15, 0.2) is 0 Å². The molecule has 0 heterocycles. The van der Waals surface area contributed by atoms with Crippen LogP contribution in [0.2, 0.25) is 0 Å². The van der Waals surface area contributed by atoms with Crippen LogP contribution in [0.3, 0.4) is 0 Å². The van der Waals surface area contributed by atoms with E-state index in [1.807, 2.05) is 0 Å². The Kier molecular flexibility index (Phi) is 22.2. The van der Waals surface area contributed by atoms with Crippen LogP contribution in [0.1, 0.15) is 90.9 Å². The maximum absolute atomic E-state index is 12.0. The Bertz CT molecular complexity index is 247. The summed E-state index contributed by atoms with van der Waals surface area (Å²) < 4.78 is 5.41. The van der Waals surface area contributed by atoms with Gasteiger partial charge in [0.05, 0.1) is 6.61 Å². The first-order valence-corrected chi connectivity index (χ1v) is 13.0. The van der Waals surface area contributed by atoms with Gasteiger partial charge in [-0.1, -0.05) is 89.9 Å². The monoisotopic (exact) mass is 451 g/mol. The second-order valence-electron chi connectivity index (χ2n) is 5.65. The minimum Gasteiger partial charge on any atom is -0.793 e. The van der Waals surface area contributed by atoms with Gasteiger partial charge in [0.25, 0.3) is 0 Å². The van der Waals surface area contributed by atoms with Crippen molar-refractivity contribution < 1.29 is 30.5 Å². The average Bonchev–Trinajstić information content (AvgIpc) is 2.45. The third kappa shape index (κ3) is 19.7. The molecular weight excluding hydrogens is 415 g/mol. The summed E-state index contributed by atoms with van der Waals surface area (Å²) in [6, 6.07) is 0. The van der Waals surface area contributed by atoms with Crippen molar-refractivity contribution in [3.63, 3.8) is 0 Å². The molecule has 1 unspecified atom stereocenters. The molecular formula is C16H34MoO2PS2-. The molecule has 0 aromatic heterocycles. The minimum atomic E-state index is -2.82. The molecule has 0 rings (SSSR count). The van der Waals surface area contributed by atoms with E-state index in [0.29, 0.717) is 6.61 Å². The summed E-state index contributed by atoms with van der Waals surface area (Å²) in [6.07, 6.45) is 14.8. The predicted octanol–water partition coefficient (Wildman–Crippen LogP) is 6.04. The van der Waals surface area contributed by atoms with Crippen molar-refractivity contribution in [3.8, 4) is 0 Å². The van der Waals surface area contributed by atoms with E-state index in [9.17, 15) is 4.89 Å². The van der Waals surface area contributed by atoms with E-state index in [0.717, 1.165) is 25.0 Å². The quantitative estimate of drug-likeness (QED) is 0.163. The first-order chi connectivity index (χ1) is 10.1. The zero-order valence-electron chi connectivity index (χ0n) is 14.4. The van der Waals surface area contributed by atoms with Gasteiger partial charge in [0, 0.05) is 26.8 Å². The summed E-state index contributed by atoms with van der Waals surface area (Å²) in [5.41, 5.74) is -2.82. The van der Waals surface area contributed by atoms with Gasteiger partial charge in [-0.2, -0.15) is 0 Å². The Morgan fingerprint density at radius 3 is 1.82 bits per heavy atom. The summed E-state index contributed by atoms with van der Waals surface area (Å²) in [5, 5.41) is 0. The van der Waals surface area contributed by atoms with Gasteiger partial charge in [-0.3, -0.25) is 0 Å². The largest absolute Gasteiger partial charge is 0.793 e. The smallest absolute Gasteiger partial charge is 0.0513 e. The van der Waals surface area contributed by atoms with Gasteiger partial charge in [0.1, 0.15) is 0 Å². The molecule has 6 heteroatoms. The Morgan fingerprint density at radius 1 is 0.818 bits per heavy atom. The van der Waals surface area contributed by atoms with E-state index < -0.39 is 5.69 Å². The molecule has 0 saturated carbocycles. The van der Waals surface area contributed by atoms with Crippen LogP contribution >= 0.6 is 17.1 Å². The van der Waals surface area contributed by atoms with E-state index in [4.69, 9.17) is 16.3 Å². The van der Waals surface area contributed by atoms with Gasteiger partial charge >= 0.3 is 0 Å². The molecule has 0 radical (unpaired) electrons. The summed E-state index contributed by atoms with van der Waals surface area (Å²) in [5.74, 6) is 0.878. The Balaban J connectivity index is 0. The molecule has 0 aliphatic heterocycles. The second-order valence-corrected chi connectivity index (χ2v) is 11.8. The summed E-state index contributed by atoms with van der Waals surface area (Å²) in [4.78, 5) is 12.0. The van der Waals surface area contributed by atoms with E-state index in [2.05, 4.69) is 13.8 Å². The Labute approximate surface area is 162 Å². The molecule has 22 heavy (non-hydrogen) atoms. The van der Waals surface area contributed by atoms with Crippen molar-refractivity contribution in [1.82, 2.24) is 0 Å². The molecule has 0 saturated heterocycles. The van der Waals surface area contributed by atoms with Gasteiger partial charge in [0.15, 0.2) is 0 Å². The Morgan fingerprint density at radius 2 is 1.27 bits per heavy atom. The van der Waals surface area contributed by atoms with Crippen LogP contribution in [0.5, 0.6) is 0 Å². The number of hydrogen-bond donors (Lipinski definition) is 0. The molecule has 0 aromatic rings. The fraction of sp³-hybridized carbons (Fsp3) is 1.00. The van der Waals surface area contributed by atoms with Crippen molar-refractivity contribution in [3.05, 3.63) is 0 Å². The van der Waals surface area contributed by atoms with Gasteiger partial charge in [-0.15, -0.1) is 11.4 Å². The molecule has 1 atom stereocenters. The van der Waals surface area contributed by atoms with Crippen LogP contribution in [-0.4, -0.2) is 12.4 Å². The minimum absolute atomic E-state index is 0. The maximum atomic E-state index is 12.0. The van der Waals surface area contributed by atoms with Crippen molar-refractivity contribution in [2.45, 2.75) is 90.9 Å². The molecule has 2 nitrogen and oxygen atoms in total. The summed E-state index contributed by atoms with van der Waals surface area (Å²) in [6.45, 7) is 5.01. The van der Waals surface area contributed by atoms with Gasteiger partial charge in [-0.25, -0.2) is 0 Å². The molecule has 0 aliphatic rings. The first kappa shape index (κ1) is 25.8. The van der Waals surface area contributed by atoms with E-state index >= 15 is 0 Å². The fourth-order valence-electron chi connectivity index (χ4n) is 2.15. The molecule has 0 N–H and O–H groups in total. The molecule has 0 bridgehead atoms. The third-order valence-corrected chi connectivity index (χ3v) is 7.86. The summed E-state index contributed by atoms with van der Waals surface area (Å²) >= 11 is 6.44. The molecule has 0 spiro atoms. The van der Waals surface area contributed by atoms with Crippen molar-refractivity contribution in [1.29, 1.82) is 0 Å². The molecule has 0 fully saturated rings. The first-order valence-electron chi connectivity index (χ1n) is 8.72. The van der Waals surface area contributed by atoms with Crippen LogP contribution in [0, 0.1) is 0 Å². The molecule has 0 aliphatic carbocycles. The molecule has 0 amide bonds. The van der Waals surface area contributed by atoms with Crippen LogP contribution in [-0.2, 0) is 37.4 Å². The Hall–Kier alpha value is 1.61. The fourth-order valence-corrected chi connectivity index (χ4v) is 5.54. The van der Waals surface area contributed by atoms with Crippen molar-refractivity contribution in [2.24, 2.45) is 0 Å². The summed E-state index contributed by atoms with van der Waals surface area (Å²) in [7, 11) is 0. The van der Waals surface area contributed by atoms with Gasteiger partial charge in [-0.05, 0) is 18.6 Å². The van der Waals surface area contributed by atoms with E-state index in [-0.39, 0.29) is 21.1 Å². The SMILES string of the molecule is CCCCCCCCOP([O-])(=S)SCCCCCCCC.[Mo]. The second kappa shape index (κ2) is 18.9. The third-order valence-electron chi connectivity index (χ3n) is 3.49. The predicted molar refractivity (Wildman–Crippen MR) is 99.4 cm³/mol. The number of rotatable bonds is 16. The molecule has 134 valence electrons. The van der Waals surface area contributed by atoms with E-state index in [1.54, 1.807) is 0 Å². The van der Waals surface area contributed by atoms with Crippen LogP contribution in [0.25, 0.3) is 0 Å². The van der Waals surface area contributed by atoms with E-state index in [1.165, 1.54) is 69.2 Å². The zero-order valence-corrected chi connectivity index (χ0v) is 18.9. The van der Waals surface area contributed by atoms with Crippen LogP contribution in [0.4, 0.5) is 0 Å². The molecule has 0 aromatic carbocycles. The average molecular weight is 449 g/mol. The maximum Gasteiger partial charge on any atom is 0.0513 e. The van der Waals surface area contributed by atoms with Crippen molar-refractivity contribution >= 4 is 28.9 Å². The zero-order chi connectivity index (χ0) is 15.8. The van der Waals surface area contributed by atoms with Crippen LogP contribution < -0.4 is 4.89 Å². The normalized spacial score (nSPS) is 13.6.